The van der Waals surface area contributed by atoms with Gasteiger partial charge in [0, 0.05) is 17.0 Å². The first-order valence-corrected chi connectivity index (χ1v) is 6.46. The molecule has 0 amide bonds. The van der Waals surface area contributed by atoms with Crippen LogP contribution in [0.4, 0.5) is 4.39 Å². The molecule has 1 aliphatic rings. The third kappa shape index (κ3) is 1.76. The van der Waals surface area contributed by atoms with Crippen LogP contribution < -0.4 is 5.73 Å². The molecule has 0 fully saturated rings. The van der Waals surface area contributed by atoms with Crippen LogP contribution in [0.2, 0.25) is 0 Å². The molecule has 1 atom stereocenters. The van der Waals surface area contributed by atoms with E-state index in [1.165, 1.54) is 18.2 Å². The lowest BCUT2D eigenvalue weighted by molar-refractivity contribution is 0.598. The van der Waals surface area contributed by atoms with Gasteiger partial charge in [-0.25, -0.2) is 12.8 Å². The highest BCUT2D eigenvalue weighted by Gasteiger charge is 2.29. The predicted octanol–water partition coefficient (Wildman–Crippen LogP) is 1.69. The minimum atomic E-state index is -3.48. The molecule has 5 heteroatoms. The highest BCUT2D eigenvalue weighted by atomic mass is 32.2. The molecule has 0 saturated heterocycles. The van der Waals surface area contributed by atoms with E-state index in [0.717, 1.165) is 5.41 Å². The van der Waals surface area contributed by atoms with Gasteiger partial charge >= 0.3 is 0 Å². The van der Waals surface area contributed by atoms with Gasteiger partial charge in [-0.15, -0.1) is 0 Å². The second kappa shape index (κ2) is 3.68. The summed E-state index contributed by atoms with van der Waals surface area (Å²) in [4.78, 5) is 0.0446. The van der Waals surface area contributed by atoms with E-state index < -0.39 is 15.7 Å². The van der Waals surface area contributed by atoms with Crippen molar-refractivity contribution >= 4 is 15.4 Å². The smallest absolute Gasteiger partial charge is 0.200 e. The van der Waals surface area contributed by atoms with Crippen LogP contribution in [0.15, 0.2) is 28.5 Å². The Hall–Kier alpha value is -1.20. The Balaban J connectivity index is 2.62. The van der Waals surface area contributed by atoms with E-state index in [1.807, 2.05) is 0 Å². The van der Waals surface area contributed by atoms with E-state index in [4.69, 9.17) is 5.73 Å². The molecule has 2 rings (SSSR count). The average Bonchev–Trinajstić information content (AvgIpc) is 2.38. The molecule has 0 aromatic heterocycles. The maximum atomic E-state index is 13.6. The summed E-state index contributed by atoms with van der Waals surface area (Å²) < 4.78 is 37.0. The lowest BCUT2D eigenvalue weighted by Crippen LogP contribution is -2.14. The quantitative estimate of drug-likeness (QED) is 0.857. The molecule has 1 aliphatic heterocycles. The SMILES string of the molecule is CC(N)CC1=CS(=O)(=O)c2cccc(F)c21. The van der Waals surface area contributed by atoms with Gasteiger partial charge in [0.25, 0.3) is 0 Å². The number of nitrogens with two attached hydrogens (primary N) is 1. The summed E-state index contributed by atoms with van der Waals surface area (Å²) in [5.74, 6) is -0.509. The molecule has 1 unspecified atom stereocenters. The normalized spacial score (nSPS) is 19.1. The highest BCUT2D eigenvalue weighted by molar-refractivity contribution is 7.95. The number of fused-ring (bicyclic) bond motifs is 1. The molecule has 0 saturated carbocycles. The Morgan fingerprint density at radius 2 is 2.12 bits per heavy atom. The molecule has 16 heavy (non-hydrogen) atoms. The van der Waals surface area contributed by atoms with E-state index in [-0.39, 0.29) is 16.5 Å². The van der Waals surface area contributed by atoms with E-state index in [0.29, 0.717) is 12.0 Å². The fourth-order valence-corrected chi connectivity index (χ4v) is 3.36. The van der Waals surface area contributed by atoms with Crippen molar-refractivity contribution in [3.63, 3.8) is 0 Å². The van der Waals surface area contributed by atoms with Crippen LogP contribution in [0.5, 0.6) is 0 Å². The molecule has 1 aromatic carbocycles. The lowest BCUT2D eigenvalue weighted by Gasteiger charge is -2.07. The second-order valence-corrected chi connectivity index (χ2v) is 5.75. The summed E-state index contributed by atoms with van der Waals surface area (Å²) in [5, 5.41) is 1.12. The first kappa shape index (κ1) is 11.3. The van der Waals surface area contributed by atoms with Crippen molar-refractivity contribution in [2.24, 2.45) is 5.73 Å². The van der Waals surface area contributed by atoms with Crippen LogP contribution in [-0.4, -0.2) is 14.5 Å². The Labute approximate surface area is 93.7 Å². The summed E-state index contributed by atoms with van der Waals surface area (Å²) in [7, 11) is -3.48. The summed E-state index contributed by atoms with van der Waals surface area (Å²) in [6.07, 6.45) is 0.354. The number of hydrogen-bond donors (Lipinski definition) is 1. The Morgan fingerprint density at radius 1 is 1.44 bits per heavy atom. The Bertz CT molecular complexity index is 561. The predicted molar refractivity (Wildman–Crippen MR) is 59.8 cm³/mol. The third-order valence-corrected chi connectivity index (χ3v) is 3.99. The zero-order valence-electron chi connectivity index (χ0n) is 8.77. The minimum absolute atomic E-state index is 0.0446. The standard InChI is InChI=1S/C11H12FNO2S/c1-7(13)5-8-6-16(14,15)10-4-2-3-9(12)11(8)10/h2-4,6-7H,5,13H2,1H3. The van der Waals surface area contributed by atoms with Gasteiger partial charge in [0.2, 0.25) is 9.84 Å². The first-order chi connectivity index (χ1) is 7.42. The van der Waals surface area contributed by atoms with E-state index in [9.17, 15) is 12.8 Å². The zero-order valence-corrected chi connectivity index (χ0v) is 9.59. The van der Waals surface area contributed by atoms with Gasteiger partial charge in [0.05, 0.1) is 4.90 Å². The van der Waals surface area contributed by atoms with Crippen molar-refractivity contribution in [1.29, 1.82) is 0 Å². The van der Waals surface area contributed by atoms with E-state index >= 15 is 0 Å². The Morgan fingerprint density at radius 3 is 2.75 bits per heavy atom. The molecule has 1 heterocycles. The number of halogens is 1. The van der Waals surface area contributed by atoms with Gasteiger partial charge in [0.1, 0.15) is 5.82 Å². The maximum absolute atomic E-state index is 13.6. The van der Waals surface area contributed by atoms with Crippen molar-refractivity contribution < 1.29 is 12.8 Å². The van der Waals surface area contributed by atoms with Crippen molar-refractivity contribution in [2.45, 2.75) is 24.3 Å². The molecule has 0 spiro atoms. The van der Waals surface area contributed by atoms with Gasteiger partial charge in [-0.1, -0.05) is 6.07 Å². The van der Waals surface area contributed by atoms with Crippen LogP contribution >= 0.6 is 0 Å². The largest absolute Gasteiger partial charge is 0.328 e. The van der Waals surface area contributed by atoms with Gasteiger partial charge in [-0.3, -0.25) is 0 Å². The lowest BCUT2D eigenvalue weighted by atomic mass is 10.0. The number of sulfone groups is 1. The molecule has 0 aliphatic carbocycles. The molecule has 2 N–H and O–H groups in total. The zero-order chi connectivity index (χ0) is 11.9. The summed E-state index contributed by atoms with van der Waals surface area (Å²) >= 11 is 0. The van der Waals surface area contributed by atoms with Crippen molar-refractivity contribution in [1.82, 2.24) is 0 Å². The van der Waals surface area contributed by atoms with Crippen LogP contribution in [-0.2, 0) is 9.84 Å². The minimum Gasteiger partial charge on any atom is -0.328 e. The van der Waals surface area contributed by atoms with Crippen LogP contribution in [0.1, 0.15) is 18.9 Å². The fraction of sp³-hybridized carbons (Fsp3) is 0.273. The second-order valence-electron chi connectivity index (χ2n) is 3.98. The number of hydrogen-bond acceptors (Lipinski definition) is 3. The van der Waals surface area contributed by atoms with Gasteiger partial charge in [-0.05, 0) is 31.1 Å². The molecule has 0 bridgehead atoms. The first-order valence-electron chi connectivity index (χ1n) is 4.92. The molecule has 3 nitrogen and oxygen atoms in total. The Kier molecular flexibility index (Phi) is 2.59. The van der Waals surface area contributed by atoms with Gasteiger partial charge < -0.3 is 5.73 Å². The molecule has 86 valence electrons. The van der Waals surface area contributed by atoms with Crippen LogP contribution in [0.3, 0.4) is 0 Å². The van der Waals surface area contributed by atoms with Gasteiger partial charge in [-0.2, -0.15) is 0 Å². The summed E-state index contributed by atoms with van der Waals surface area (Å²) in [5.41, 5.74) is 6.25. The third-order valence-electron chi connectivity index (χ3n) is 2.44. The highest BCUT2D eigenvalue weighted by Crippen LogP contribution is 2.37. The fourth-order valence-electron chi connectivity index (χ4n) is 1.86. The van der Waals surface area contributed by atoms with Crippen LogP contribution in [0, 0.1) is 5.82 Å². The topological polar surface area (TPSA) is 60.2 Å². The van der Waals surface area contributed by atoms with Crippen molar-refractivity contribution in [3.8, 4) is 0 Å². The van der Waals surface area contributed by atoms with E-state index in [1.54, 1.807) is 6.92 Å². The average molecular weight is 241 g/mol. The van der Waals surface area contributed by atoms with Crippen LogP contribution in [0.25, 0.3) is 5.57 Å². The monoisotopic (exact) mass is 241 g/mol. The van der Waals surface area contributed by atoms with Gasteiger partial charge in [0.15, 0.2) is 0 Å². The molecule has 0 radical (unpaired) electrons. The summed E-state index contributed by atoms with van der Waals surface area (Å²) in [6.45, 7) is 1.76. The van der Waals surface area contributed by atoms with Crippen molar-refractivity contribution in [2.75, 3.05) is 0 Å². The maximum Gasteiger partial charge on any atom is 0.200 e. The van der Waals surface area contributed by atoms with E-state index in [2.05, 4.69) is 0 Å². The molecule has 1 aromatic rings. The number of rotatable bonds is 2. The summed E-state index contributed by atoms with van der Waals surface area (Å²) in [6, 6.07) is 3.87. The molecular formula is C11H12FNO2S. The number of benzene rings is 1. The van der Waals surface area contributed by atoms with Crippen molar-refractivity contribution in [3.05, 3.63) is 35.0 Å². The molecular weight excluding hydrogens is 229 g/mol.